The van der Waals surface area contributed by atoms with Crippen molar-refractivity contribution in [1.29, 1.82) is 0 Å². The summed E-state index contributed by atoms with van der Waals surface area (Å²) in [5.41, 5.74) is 10.2. The second-order valence-electron chi connectivity index (χ2n) is 4.66. The smallest absolute Gasteiger partial charge is 0.202 e. The van der Waals surface area contributed by atoms with Crippen LogP contribution in [-0.2, 0) is 13.0 Å². The Morgan fingerprint density at radius 1 is 1.16 bits per heavy atom. The molecule has 2 N–H and O–H groups in total. The normalized spacial score (nSPS) is 11.0. The van der Waals surface area contributed by atoms with Crippen LogP contribution >= 0.6 is 0 Å². The fourth-order valence-corrected chi connectivity index (χ4v) is 2.26. The first kappa shape index (κ1) is 11.7. The number of pyridine rings is 1. The van der Waals surface area contributed by atoms with Crippen molar-refractivity contribution in [3.8, 4) is 0 Å². The van der Waals surface area contributed by atoms with Crippen molar-refractivity contribution < 1.29 is 0 Å². The maximum Gasteiger partial charge on any atom is 0.202 e. The number of rotatable bonds is 3. The molecule has 0 radical (unpaired) electrons. The summed E-state index contributed by atoms with van der Waals surface area (Å²) in [6.07, 6.45) is 2.73. The van der Waals surface area contributed by atoms with Crippen molar-refractivity contribution in [2.75, 3.05) is 5.73 Å². The van der Waals surface area contributed by atoms with Crippen LogP contribution in [0.1, 0.15) is 11.1 Å². The summed E-state index contributed by atoms with van der Waals surface area (Å²) in [4.78, 5) is 8.80. The quantitative estimate of drug-likeness (QED) is 0.779. The molecule has 3 rings (SSSR count). The highest BCUT2D eigenvalue weighted by Gasteiger charge is 2.10. The highest BCUT2D eigenvalue weighted by atomic mass is 15.2. The van der Waals surface area contributed by atoms with Gasteiger partial charge in [0.05, 0.1) is 0 Å². The molecule has 0 fully saturated rings. The second-order valence-corrected chi connectivity index (χ2v) is 4.66. The summed E-state index contributed by atoms with van der Waals surface area (Å²) in [6, 6.07) is 12.3. The van der Waals surface area contributed by atoms with Gasteiger partial charge in [-0.15, -0.1) is 0 Å². The predicted molar refractivity (Wildman–Crippen MR) is 76.8 cm³/mol. The lowest BCUT2D eigenvalue weighted by molar-refractivity contribution is 0.720. The van der Waals surface area contributed by atoms with E-state index in [2.05, 4.69) is 22.1 Å². The zero-order valence-electron chi connectivity index (χ0n) is 10.9. The maximum absolute atomic E-state index is 6.00. The van der Waals surface area contributed by atoms with Gasteiger partial charge >= 0.3 is 0 Å². The molecule has 0 amide bonds. The van der Waals surface area contributed by atoms with E-state index in [0.717, 1.165) is 29.7 Å². The lowest BCUT2D eigenvalue weighted by Gasteiger charge is -2.06. The Bertz CT molecular complexity index is 701. The molecular formula is C15H16N4. The number of benzene rings is 1. The van der Waals surface area contributed by atoms with Gasteiger partial charge in [0.15, 0.2) is 5.65 Å². The fourth-order valence-electron chi connectivity index (χ4n) is 2.26. The Morgan fingerprint density at radius 2 is 1.95 bits per heavy atom. The van der Waals surface area contributed by atoms with Crippen molar-refractivity contribution in [2.45, 2.75) is 19.9 Å². The molecule has 0 atom stereocenters. The Balaban J connectivity index is 1.93. The van der Waals surface area contributed by atoms with E-state index in [4.69, 9.17) is 5.73 Å². The summed E-state index contributed by atoms with van der Waals surface area (Å²) < 4.78 is 1.98. The van der Waals surface area contributed by atoms with Crippen LogP contribution in [0, 0.1) is 6.92 Å². The van der Waals surface area contributed by atoms with Crippen LogP contribution in [0.25, 0.3) is 11.2 Å². The van der Waals surface area contributed by atoms with Gasteiger partial charge in [-0.3, -0.25) is 4.57 Å². The molecule has 0 spiro atoms. The van der Waals surface area contributed by atoms with Crippen LogP contribution in [0.5, 0.6) is 0 Å². The number of aromatic nitrogens is 3. The maximum atomic E-state index is 6.00. The molecule has 0 unspecified atom stereocenters. The lowest BCUT2D eigenvalue weighted by Crippen LogP contribution is -2.06. The molecule has 0 aliphatic heterocycles. The molecular weight excluding hydrogens is 236 g/mol. The molecule has 2 heterocycles. The molecule has 3 aromatic rings. The number of anilines is 1. The van der Waals surface area contributed by atoms with Crippen LogP contribution in [0.15, 0.2) is 42.6 Å². The minimum Gasteiger partial charge on any atom is -0.369 e. The van der Waals surface area contributed by atoms with E-state index in [1.54, 1.807) is 6.20 Å². The zero-order valence-corrected chi connectivity index (χ0v) is 10.9. The van der Waals surface area contributed by atoms with Crippen molar-refractivity contribution in [2.24, 2.45) is 0 Å². The molecule has 4 nitrogen and oxygen atoms in total. The Morgan fingerprint density at radius 3 is 2.74 bits per heavy atom. The number of hydrogen-bond acceptors (Lipinski definition) is 3. The molecule has 0 aliphatic rings. The van der Waals surface area contributed by atoms with Gasteiger partial charge in [-0.1, -0.05) is 30.3 Å². The average Bonchev–Trinajstić information content (AvgIpc) is 2.75. The summed E-state index contributed by atoms with van der Waals surface area (Å²) in [5.74, 6) is 0.535. The van der Waals surface area contributed by atoms with Crippen LogP contribution in [0.4, 0.5) is 5.95 Å². The van der Waals surface area contributed by atoms with E-state index in [1.165, 1.54) is 5.56 Å². The molecule has 0 bridgehead atoms. The topological polar surface area (TPSA) is 56.7 Å². The van der Waals surface area contributed by atoms with Crippen LogP contribution in [0.2, 0.25) is 0 Å². The minimum atomic E-state index is 0.535. The Hall–Kier alpha value is -2.36. The van der Waals surface area contributed by atoms with Crippen molar-refractivity contribution in [3.63, 3.8) is 0 Å². The largest absolute Gasteiger partial charge is 0.369 e. The molecule has 0 aliphatic carbocycles. The van der Waals surface area contributed by atoms with Gasteiger partial charge in [-0.2, -0.15) is 0 Å². The number of fused-ring (bicyclic) bond motifs is 1. The summed E-state index contributed by atoms with van der Waals surface area (Å²) >= 11 is 0. The zero-order chi connectivity index (χ0) is 13.2. The Kier molecular flexibility index (Phi) is 2.91. The minimum absolute atomic E-state index is 0.535. The van der Waals surface area contributed by atoms with Crippen molar-refractivity contribution in [1.82, 2.24) is 14.5 Å². The van der Waals surface area contributed by atoms with Gasteiger partial charge in [0.25, 0.3) is 0 Å². The highest BCUT2D eigenvalue weighted by Crippen LogP contribution is 2.19. The van der Waals surface area contributed by atoms with Crippen molar-refractivity contribution >= 4 is 17.1 Å². The van der Waals surface area contributed by atoms with Crippen LogP contribution < -0.4 is 5.73 Å². The van der Waals surface area contributed by atoms with Gasteiger partial charge in [0.1, 0.15) is 5.52 Å². The van der Waals surface area contributed by atoms with Gasteiger partial charge in [-0.05, 0) is 30.5 Å². The van der Waals surface area contributed by atoms with Crippen molar-refractivity contribution in [3.05, 3.63) is 53.7 Å². The van der Waals surface area contributed by atoms with E-state index >= 15 is 0 Å². The molecule has 4 heteroatoms. The lowest BCUT2D eigenvalue weighted by atomic mass is 10.1. The first-order chi connectivity index (χ1) is 9.25. The van der Waals surface area contributed by atoms with Gasteiger partial charge in [0, 0.05) is 12.7 Å². The monoisotopic (exact) mass is 252 g/mol. The fraction of sp³-hybridized carbons (Fsp3) is 0.200. The first-order valence-corrected chi connectivity index (χ1v) is 6.37. The molecule has 19 heavy (non-hydrogen) atoms. The van der Waals surface area contributed by atoms with Crippen LogP contribution in [0.3, 0.4) is 0 Å². The molecule has 96 valence electrons. The van der Waals surface area contributed by atoms with Gasteiger partial charge in [0.2, 0.25) is 5.95 Å². The number of hydrogen-bond donors (Lipinski definition) is 1. The number of nitrogens with zero attached hydrogens (tertiary/aromatic N) is 3. The van der Waals surface area contributed by atoms with E-state index in [1.807, 2.05) is 35.8 Å². The average molecular weight is 252 g/mol. The third kappa shape index (κ3) is 2.17. The number of aryl methyl sites for hydroxylation is 3. The third-order valence-corrected chi connectivity index (χ3v) is 3.33. The van der Waals surface area contributed by atoms with Crippen LogP contribution in [-0.4, -0.2) is 14.5 Å². The molecule has 0 saturated heterocycles. The number of imidazole rings is 1. The van der Waals surface area contributed by atoms with E-state index in [0.29, 0.717) is 5.95 Å². The predicted octanol–water partition coefficient (Wildman–Crippen LogP) is 2.56. The molecule has 0 saturated carbocycles. The standard InChI is InChI=1S/C15H16N4/c1-11-7-9-17-14-13(11)18-15(16)19(14)10-8-12-5-3-2-4-6-12/h2-7,9H,8,10H2,1H3,(H2,16,18). The van der Waals surface area contributed by atoms with Gasteiger partial charge in [-0.25, -0.2) is 9.97 Å². The summed E-state index contributed by atoms with van der Waals surface area (Å²) in [7, 11) is 0. The second kappa shape index (κ2) is 4.72. The van der Waals surface area contributed by atoms with Gasteiger partial charge < -0.3 is 5.73 Å². The number of nitrogens with two attached hydrogens (primary N) is 1. The summed E-state index contributed by atoms with van der Waals surface area (Å²) in [5, 5.41) is 0. The first-order valence-electron chi connectivity index (χ1n) is 6.37. The SMILES string of the molecule is Cc1ccnc2c1nc(N)n2CCc1ccccc1. The Labute approximate surface area is 111 Å². The van der Waals surface area contributed by atoms with E-state index < -0.39 is 0 Å². The van der Waals surface area contributed by atoms with E-state index in [9.17, 15) is 0 Å². The number of nitrogen functional groups attached to an aromatic ring is 1. The molecule has 2 aromatic heterocycles. The van der Waals surface area contributed by atoms with E-state index in [-0.39, 0.29) is 0 Å². The highest BCUT2D eigenvalue weighted by molar-refractivity contribution is 5.77. The summed E-state index contributed by atoms with van der Waals surface area (Å²) in [6.45, 7) is 2.82. The third-order valence-electron chi connectivity index (χ3n) is 3.33. The molecule has 1 aromatic carbocycles.